The molecule has 108 valence electrons. The highest BCUT2D eigenvalue weighted by atomic mass is 32.2. The Morgan fingerprint density at radius 2 is 2.05 bits per heavy atom. The van der Waals surface area contributed by atoms with Crippen LogP contribution in [-0.4, -0.2) is 34.2 Å². The zero-order valence-electron chi connectivity index (χ0n) is 11.5. The normalized spacial score (nSPS) is 10.8. The molecular formula is C13H13N5O2S. The first kappa shape index (κ1) is 13.5. The third-order valence-corrected chi connectivity index (χ3v) is 3.77. The van der Waals surface area contributed by atoms with E-state index in [9.17, 15) is 0 Å². The Morgan fingerprint density at radius 3 is 2.81 bits per heavy atom. The van der Waals surface area contributed by atoms with Gasteiger partial charge in [-0.2, -0.15) is 4.98 Å². The molecule has 2 aromatic heterocycles. The fourth-order valence-corrected chi connectivity index (χ4v) is 2.63. The molecule has 3 rings (SSSR count). The van der Waals surface area contributed by atoms with Crippen molar-refractivity contribution in [2.24, 2.45) is 0 Å². The molecule has 0 bridgehead atoms. The number of H-pyrrole nitrogens is 1. The number of fused-ring (bicyclic) bond motifs is 1. The van der Waals surface area contributed by atoms with E-state index in [-0.39, 0.29) is 0 Å². The number of nitrogens with one attached hydrogen (secondary N) is 1. The number of hydrogen-bond donors (Lipinski definition) is 2. The summed E-state index contributed by atoms with van der Waals surface area (Å²) in [6.45, 7) is 0. The first-order chi connectivity index (χ1) is 10.2. The average Bonchev–Trinajstić information content (AvgIpc) is 2.90. The summed E-state index contributed by atoms with van der Waals surface area (Å²) in [5, 5.41) is 1.28. The van der Waals surface area contributed by atoms with Gasteiger partial charge in [0.05, 0.1) is 25.3 Å². The molecule has 2 heterocycles. The number of benzene rings is 1. The van der Waals surface area contributed by atoms with Gasteiger partial charge >= 0.3 is 0 Å². The summed E-state index contributed by atoms with van der Waals surface area (Å²) in [4.78, 5) is 15.8. The van der Waals surface area contributed by atoms with E-state index in [2.05, 4.69) is 19.9 Å². The maximum atomic E-state index is 5.95. The lowest BCUT2D eigenvalue weighted by Crippen LogP contribution is -1.99. The molecule has 0 unspecified atom stereocenters. The minimum absolute atomic E-state index is 0.352. The molecule has 3 aromatic rings. The van der Waals surface area contributed by atoms with E-state index in [1.54, 1.807) is 7.11 Å². The summed E-state index contributed by atoms with van der Waals surface area (Å²) in [5.41, 5.74) is 8.07. The van der Waals surface area contributed by atoms with E-state index in [0.29, 0.717) is 21.7 Å². The van der Waals surface area contributed by atoms with E-state index >= 15 is 0 Å². The minimum Gasteiger partial charge on any atom is -0.497 e. The van der Waals surface area contributed by atoms with Crippen molar-refractivity contribution in [3.63, 3.8) is 0 Å². The van der Waals surface area contributed by atoms with E-state index < -0.39 is 0 Å². The lowest BCUT2D eigenvalue weighted by atomic mass is 10.3. The number of rotatable bonds is 4. The zero-order chi connectivity index (χ0) is 14.8. The second kappa shape index (κ2) is 5.49. The van der Waals surface area contributed by atoms with Gasteiger partial charge in [0.25, 0.3) is 0 Å². The van der Waals surface area contributed by atoms with Crippen LogP contribution >= 0.6 is 11.8 Å². The van der Waals surface area contributed by atoms with Gasteiger partial charge in [-0.3, -0.25) is 0 Å². The molecule has 7 nitrogen and oxygen atoms in total. The Hall–Kier alpha value is -2.48. The number of anilines is 1. The van der Waals surface area contributed by atoms with Crippen LogP contribution in [0.15, 0.2) is 34.7 Å². The highest BCUT2D eigenvalue weighted by Gasteiger charge is 2.12. The number of aromatic nitrogens is 4. The number of ether oxygens (including phenoxy) is 2. The molecule has 3 N–H and O–H groups in total. The van der Waals surface area contributed by atoms with E-state index in [0.717, 1.165) is 16.8 Å². The largest absolute Gasteiger partial charge is 0.497 e. The van der Waals surface area contributed by atoms with Crippen molar-refractivity contribution < 1.29 is 9.47 Å². The predicted molar refractivity (Wildman–Crippen MR) is 79.8 cm³/mol. The van der Waals surface area contributed by atoms with Gasteiger partial charge in [-0.25, -0.2) is 9.97 Å². The molecule has 0 aliphatic heterocycles. The first-order valence-corrected chi connectivity index (χ1v) is 6.89. The number of imidazole rings is 1. The lowest BCUT2D eigenvalue weighted by Gasteiger charge is -2.05. The van der Waals surface area contributed by atoms with Crippen molar-refractivity contribution in [1.29, 1.82) is 0 Å². The summed E-state index contributed by atoms with van der Waals surface area (Å²) < 4.78 is 10.3. The van der Waals surface area contributed by atoms with Gasteiger partial charge in [-0.1, -0.05) is 0 Å². The van der Waals surface area contributed by atoms with Crippen molar-refractivity contribution in [2.75, 3.05) is 20.0 Å². The highest BCUT2D eigenvalue weighted by molar-refractivity contribution is 7.99. The number of aromatic amines is 1. The fourth-order valence-electron chi connectivity index (χ4n) is 1.84. The van der Waals surface area contributed by atoms with Gasteiger partial charge in [0.2, 0.25) is 5.88 Å². The maximum Gasteiger partial charge on any atom is 0.241 e. The molecule has 0 amide bonds. The van der Waals surface area contributed by atoms with Crippen LogP contribution in [0.1, 0.15) is 0 Å². The van der Waals surface area contributed by atoms with Gasteiger partial charge in [0.15, 0.2) is 5.16 Å². The molecule has 1 aromatic carbocycles. The highest BCUT2D eigenvalue weighted by Crippen LogP contribution is 2.33. The van der Waals surface area contributed by atoms with Crippen LogP contribution in [0.4, 0.5) is 5.69 Å². The summed E-state index contributed by atoms with van der Waals surface area (Å²) in [6, 6.07) is 5.63. The number of nitrogens with zero attached hydrogens (tertiary/aromatic N) is 3. The number of methoxy groups -OCH3 is 2. The number of nitrogens with two attached hydrogens (primary N) is 1. The first-order valence-electron chi connectivity index (χ1n) is 6.07. The smallest absolute Gasteiger partial charge is 0.241 e. The monoisotopic (exact) mass is 303 g/mol. The molecule has 0 aliphatic carbocycles. The average molecular weight is 303 g/mol. The third-order valence-electron chi connectivity index (χ3n) is 2.86. The van der Waals surface area contributed by atoms with Gasteiger partial charge in [-0.05, 0) is 23.9 Å². The molecule has 0 saturated carbocycles. The number of nitrogen functional groups attached to an aromatic ring is 1. The van der Waals surface area contributed by atoms with E-state index in [1.807, 2.05) is 18.2 Å². The van der Waals surface area contributed by atoms with Gasteiger partial charge in [-0.15, -0.1) is 0 Å². The Kier molecular flexibility index (Phi) is 3.53. The maximum absolute atomic E-state index is 5.95. The van der Waals surface area contributed by atoms with Crippen molar-refractivity contribution in [3.8, 4) is 11.6 Å². The molecule has 8 heteroatoms. The SMILES string of the molecule is COc1ccc2nc(Sc3ncnc(OC)c3N)[nH]c2c1. The molecule has 0 spiro atoms. The lowest BCUT2D eigenvalue weighted by molar-refractivity contribution is 0.397. The molecule has 0 fully saturated rings. The van der Waals surface area contributed by atoms with Crippen molar-refractivity contribution in [2.45, 2.75) is 10.2 Å². The van der Waals surface area contributed by atoms with Crippen LogP contribution in [0.25, 0.3) is 11.0 Å². The standard InChI is InChI=1S/C13H13N5O2S/c1-19-7-3-4-8-9(5-7)18-13(17-8)21-12-10(14)11(20-2)15-6-16-12/h3-6H,14H2,1-2H3,(H,17,18). The van der Waals surface area contributed by atoms with Crippen LogP contribution in [0.5, 0.6) is 11.6 Å². The van der Waals surface area contributed by atoms with Crippen LogP contribution in [0.3, 0.4) is 0 Å². The summed E-state index contributed by atoms with van der Waals surface area (Å²) in [5.74, 6) is 1.12. The van der Waals surface area contributed by atoms with Gasteiger partial charge < -0.3 is 20.2 Å². The molecule has 0 saturated heterocycles. The molecule has 0 radical (unpaired) electrons. The summed E-state index contributed by atoms with van der Waals surface area (Å²) in [6.07, 6.45) is 1.41. The molecule has 0 aliphatic rings. The Balaban J connectivity index is 1.95. The topological polar surface area (TPSA) is 98.9 Å². The Labute approximate surface area is 124 Å². The van der Waals surface area contributed by atoms with Crippen LogP contribution in [0.2, 0.25) is 0 Å². The fraction of sp³-hybridized carbons (Fsp3) is 0.154. The van der Waals surface area contributed by atoms with Gasteiger partial charge in [0, 0.05) is 6.07 Å². The third kappa shape index (κ3) is 2.57. The summed E-state index contributed by atoms with van der Waals surface area (Å²) >= 11 is 1.32. The van der Waals surface area contributed by atoms with Crippen molar-refractivity contribution in [1.82, 2.24) is 19.9 Å². The molecule has 0 atom stereocenters. The van der Waals surface area contributed by atoms with Crippen molar-refractivity contribution >= 4 is 28.5 Å². The second-order valence-corrected chi connectivity index (χ2v) is 5.11. The van der Waals surface area contributed by atoms with Crippen LogP contribution < -0.4 is 15.2 Å². The van der Waals surface area contributed by atoms with Crippen LogP contribution in [-0.2, 0) is 0 Å². The Morgan fingerprint density at radius 1 is 1.19 bits per heavy atom. The minimum atomic E-state index is 0.352. The van der Waals surface area contributed by atoms with E-state index in [4.69, 9.17) is 15.2 Å². The van der Waals surface area contributed by atoms with Crippen molar-refractivity contribution in [3.05, 3.63) is 24.5 Å². The van der Waals surface area contributed by atoms with E-state index in [1.165, 1.54) is 25.2 Å². The molecular weight excluding hydrogens is 290 g/mol. The zero-order valence-corrected chi connectivity index (χ0v) is 12.3. The van der Waals surface area contributed by atoms with Gasteiger partial charge in [0.1, 0.15) is 22.8 Å². The van der Waals surface area contributed by atoms with Crippen LogP contribution in [0, 0.1) is 0 Å². The predicted octanol–water partition coefficient (Wildman–Crippen LogP) is 2.10. The number of hydrogen-bond acceptors (Lipinski definition) is 7. The summed E-state index contributed by atoms with van der Waals surface area (Å²) in [7, 11) is 3.14. The molecule has 21 heavy (non-hydrogen) atoms. The quantitative estimate of drug-likeness (QED) is 0.712. The Bertz CT molecular complexity index is 789. The second-order valence-electron chi connectivity index (χ2n) is 4.13.